The van der Waals surface area contributed by atoms with Gasteiger partial charge in [0.2, 0.25) is 0 Å². The summed E-state index contributed by atoms with van der Waals surface area (Å²) in [5.41, 5.74) is 13.8. The average Bonchev–Trinajstić information content (AvgIpc) is 2.64. The number of nitrogens with one attached hydrogen (secondary N) is 1. The third kappa shape index (κ3) is 10.3. The molecule has 5 N–H and O–H groups in total. The molecule has 0 aliphatic rings. The summed E-state index contributed by atoms with van der Waals surface area (Å²) < 4.78 is 38.3. The largest absolute Gasteiger partial charge is 0.397 e. The van der Waals surface area contributed by atoms with E-state index in [-0.39, 0.29) is 18.4 Å². The highest BCUT2D eigenvalue weighted by atomic mass is 32.2. The van der Waals surface area contributed by atoms with E-state index in [9.17, 15) is 8.42 Å². The summed E-state index contributed by atoms with van der Waals surface area (Å²) in [7, 11) is -3.20. The smallest absolute Gasteiger partial charge is 0.173 e. The minimum atomic E-state index is -3.20. The fourth-order valence-electron chi connectivity index (χ4n) is 2.13. The molecule has 154 valence electrons. The van der Waals surface area contributed by atoms with Crippen LogP contribution in [0.2, 0.25) is 0 Å². The third-order valence-electron chi connectivity index (χ3n) is 3.82. The first-order valence-corrected chi connectivity index (χ1v) is 10.5. The van der Waals surface area contributed by atoms with E-state index < -0.39 is 9.84 Å². The van der Waals surface area contributed by atoms with Gasteiger partial charge in [-0.1, -0.05) is 12.6 Å². The van der Waals surface area contributed by atoms with Crippen LogP contribution in [0.5, 0.6) is 0 Å². The van der Waals surface area contributed by atoms with E-state index in [0.29, 0.717) is 51.0 Å². The molecule has 1 atom stereocenters. The maximum atomic E-state index is 11.1. The minimum Gasteiger partial charge on any atom is -0.397 e. The summed E-state index contributed by atoms with van der Waals surface area (Å²) in [5, 5.41) is 4.28. The normalized spacial score (nSPS) is 12.8. The van der Waals surface area contributed by atoms with E-state index in [1.165, 1.54) is 0 Å². The first-order chi connectivity index (χ1) is 12.9. The number of nitrogens with two attached hydrogens (primary N) is 2. The quantitative estimate of drug-likeness (QED) is 0.295. The van der Waals surface area contributed by atoms with Gasteiger partial charge in [-0.2, -0.15) is 0 Å². The Kier molecular flexibility index (Phi) is 11.0. The molecule has 1 aromatic rings. The highest BCUT2D eigenvalue weighted by Crippen LogP contribution is 2.20. The Balaban J connectivity index is 1.95. The predicted molar refractivity (Wildman–Crippen MR) is 108 cm³/mol. The molecule has 9 heteroatoms. The molecule has 0 saturated carbocycles. The van der Waals surface area contributed by atoms with Crippen molar-refractivity contribution in [2.45, 2.75) is 13.0 Å². The fraction of sp³-hybridized carbons (Fsp3) is 0.556. The average molecular weight is 402 g/mol. The molecule has 1 unspecified atom stereocenters. The van der Waals surface area contributed by atoms with E-state index in [0.717, 1.165) is 11.0 Å². The Labute approximate surface area is 161 Å². The van der Waals surface area contributed by atoms with Crippen LogP contribution in [0, 0.1) is 0 Å². The van der Waals surface area contributed by atoms with Gasteiger partial charge >= 0.3 is 0 Å². The van der Waals surface area contributed by atoms with E-state index in [4.69, 9.17) is 25.7 Å². The number of hydrogen-bond donors (Lipinski definition) is 3. The Morgan fingerprint density at radius 1 is 1.04 bits per heavy atom. The minimum absolute atomic E-state index is 0.0615. The molecule has 27 heavy (non-hydrogen) atoms. The molecule has 0 spiro atoms. The fourth-order valence-corrected chi connectivity index (χ4v) is 2.65. The zero-order valence-electron chi connectivity index (χ0n) is 15.9. The predicted octanol–water partition coefficient (Wildman–Crippen LogP) is 1.11. The van der Waals surface area contributed by atoms with Gasteiger partial charge in [0.1, 0.15) is 0 Å². The van der Waals surface area contributed by atoms with Crippen LogP contribution in [0.1, 0.15) is 18.5 Å². The van der Waals surface area contributed by atoms with Crippen LogP contribution in [0.15, 0.2) is 30.2 Å². The summed E-state index contributed by atoms with van der Waals surface area (Å²) in [6, 6.07) is 5.78. The van der Waals surface area contributed by atoms with Crippen LogP contribution in [-0.4, -0.2) is 60.4 Å². The first-order valence-electron chi connectivity index (χ1n) is 8.82. The van der Waals surface area contributed by atoms with Crippen molar-refractivity contribution in [1.29, 1.82) is 0 Å². The highest BCUT2D eigenvalue weighted by Gasteiger charge is 2.06. The lowest BCUT2D eigenvalue weighted by molar-refractivity contribution is 0.0176. The molecule has 0 heterocycles. The zero-order valence-corrected chi connectivity index (χ0v) is 16.7. The number of rotatable bonds is 15. The Morgan fingerprint density at radius 2 is 1.63 bits per heavy atom. The van der Waals surface area contributed by atoms with Crippen molar-refractivity contribution in [3.63, 3.8) is 0 Å². The van der Waals surface area contributed by atoms with Crippen LogP contribution in [0.25, 0.3) is 0 Å². The van der Waals surface area contributed by atoms with Gasteiger partial charge in [-0.05, 0) is 24.6 Å². The molecular weight excluding hydrogens is 370 g/mol. The Morgan fingerprint density at radius 3 is 2.22 bits per heavy atom. The molecule has 0 aliphatic heterocycles. The molecule has 0 radical (unpaired) electrons. The van der Waals surface area contributed by atoms with E-state index in [1.807, 2.05) is 19.1 Å². The molecule has 8 nitrogen and oxygen atoms in total. The Hall–Kier alpha value is -1.65. The van der Waals surface area contributed by atoms with Crippen molar-refractivity contribution >= 4 is 21.2 Å². The molecule has 0 fully saturated rings. The third-order valence-corrected chi connectivity index (χ3v) is 5.06. The van der Waals surface area contributed by atoms with Gasteiger partial charge in [-0.15, -0.1) is 0 Å². The van der Waals surface area contributed by atoms with Gasteiger partial charge < -0.3 is 31.0 Å². The van der Waals surface area contributed by atoms with E-state index in [2.05, 4.69) is 11.9 Å². The molecule has 0 bridgehead atoms. The molecule has 0 aliphatic carbocycles. The van der Waals surface area contributed by atoms with Crippen molar-refractivity contribution in [3.8, 4) is 0 Å². The summed E-state index contributed by atoms with van der Waals surface area (Å²) in [5.74, 6) is -0.0615. The molecular formula is C18H31N3O5S. The monoisotopic (exact) mass is 401 g/mol. The Bertz CT molecular complexity index is 667. The lowest BCUT2D eigenvalue weighted by Crippen LogP contribution is -2.24. The van der Waals surface area contributed by atoms with Crippen molar-refractivity contribution in [2.24, 2.45) is 0 Å². The number of benzene rings is 1. The van der Waals surface area contributed by atoms with Gasteiger partial charge in [0.25, 0.3) is 0 Å². The standard InChI is InChI=1S/C18H31N3O5S/c1-3-27(22,23)13-12-26-11-10-25-9-8-24-7-6-21-15(2)16-4-5-17(19)18(20)14-16/h3-5,14-15,21H,1,6-13,19-20H2,2H3. The lowest BCUT2D eigenvalue weighted by atomic mass is 10.1. The van der Waals surface area contributed by atoms with E-state index in [1.54, 1.807) is 6.07 Å². The first kappa shape index (κ1) is 23.4. The number of anilines is 2. The summed E-state index contributed by atoms with van der Waals surface area (Å²) >= 11 is 0. The van der Waals surface area contributed by atoms with Crippen molar-refractivity contribution in [3.05, 3.63) is 35.7 Å². The second-order valence-corrected chi connectivity index (χ2v) is 8.00. The SMILES string of the molecule is C=CS(=O)(=O)CCOCCOCCOCCNC(C)c1ccc(N)c(N)c1. The number of ether oxygens (including phenoxy) is 3. The topological polar surface area (TPSA) is 126 Å². The van der Waals surface area contributed by atoms with Gasteiger partial charge in [-0.25, -0.2) is 8.42 Å². The highest BCUT2D eigenvalue weighted by molar-refractivity contribution is 7.94. The second kappa shape index (κ2) is 12.7. The maximum absolute atomic E-state index is 11.1. The van der Waals surface area contributed by atoms with E-state index >= 15 is 0 Å². The lowest BCUT2D eigenvalue weighted by Gasteiger charge is -2.15. The van der Waals surface area contributed by atoms with Crippen molar-refractivity contribution in [2.75, 3.05) is 63.4 Å². The second-order valence-electron chi connectivity index (χ2n) is 5.93. The van der Waals surface area contributed by atoms with Gasteiger partial charge in [0.15, 0.2) is 9.84 Å². The van der Waals surface area contributed by atoms with Crippen LogP contribution in [0.4, 0.5) is 11.4 Å². The molecule has 1 aromatic carbocycles. The number of sulfone groups is 1. The van der Waals surface area contributed by atoms with Crippen LogP contribution >= 0.6 is 0 Å². The van der Waals surface area contributed by atoms with Gasteiger partial charge in [0, 0.05) is 18.0 Å². The zero-order chi connectivity index (χ0) is 20.1. The number of hydrogen-bond acceptors (Lipinski definition) is 8. The maximum Gasteiger partial charge on any atom is 0.173 e. The van der Waals surface area contributed by atoms with Gasteiger partial charge in [0.05, 0.1) is 56.8 Å². The van der Waals surface area contributed by atoms with Crippen LogP contribution in [-0.2, 0) is 24.0 Å². The van der Waals surface area contributed by atoms with Crippen LogP contribution in [0.3, 0.4) is 0 Å². The molecule has 1 rings (SSSR count). The van der Waals surface area contributed by atoms with Crippen LogP contribution < -0.4 is 16.8 Å². The van der Waals surface area contributed by atoms with Crippen molar-refractivity contribution < 1.29 is 22.6 Å². The molecule has 0 saturated heterocycles. The summed E-state index contributed by atoms with van der Waals surface area (Å²) in [6.45, 7) is 8.37. The van der Waals surface area contributed by atoms with Gasteiger partial charge in [-0.3, -0.25) is 0 Å². The molecule has 0 aromatic heterocycles. The summed E-state index contributed by atoms with van der Waals surface area (Å²) in [6.07, 6.45) is 0. The van der Waals surface area contributed by atoms with Crippen molar-refractivity contribution in [1.82, 2.24) is 5.32 Å². The molecule has 0 amide bonds. The number of nitrogen functional groups attached to an aromatic ring is 2. The summed E-state index contributed by atoms with van der Waals surface area (Å²) in [4.78, 5) is 0.